The second-order valence-electron chi connectivity index (χ2n) is 8.18. The predicted molar refractivity (Wildman–Crippen MR) is 135 cm³/mol. The minimum atomic E-state index is -0.712. The molecule has 0 saturated heterocycles. The topological polar surface area (TPSA) is 114 Å². The average molecular weight is 504 g/mol. The Labute approximate surface area is 208 Å². The molecule has 190 valence electrons. The molecular weight excluding hydrogens is 470 g/mol. The van der Waals surface area contributed by atoms with Crippen LogP contribution in [0.1, 0.15) is 40.0 Å². The standard InChI is InChI=1S/C25H33N3O6S/c1-4-19-21-23(30)26-20(27-24(21)35-22(19)25(31)33-3)14-28(11-8-12-32-2)13-18(29)16-34-15-17-9-6-5-7-10-17/h5-7,9-10,18,29H,4,8,11-16H2,1-3H3,(H,26,27,30). The number of hydrogen-bond donors (Lipinski definition) is 2. The van der Waals surface area contributed by atoms with Crippen molar-refractivity contribution in [3.63, 3.8) is 0 Å². The number of H-pyrrole nitrogens is 1. The molecule has 0 aliphatic carbocycles. The summed E-state index contributed by atoms with van der Waals surface area (Å²) in [7, 11) is 2.96. The zero-order valence-corrected chi connectivity index (χ0v) is 21.2. The van der Waals surface area contributed by atoms with Crippen LogP contribution in [0.5, 0.6) is 0 Å². The zero-order valence-electron chi connectivity index (χ0n) is 20.4. The van der Waals surface area contributed by atoms with Gasteiger partial charge in [-0.1, -0.05) is 37.3 Å². The number of aliphatic hydroxyl groups is 1. The van der Waals surface area contributed by atoms with E-state index in [0.717, 1.165) is 12.0 Å². The number of aromatic amines is 1. The summed E-state index contributed by atoms with van der Waals surface area (Å²) in [5.41, 5.74) is 1.41. The largest absolute Gasteiger partial charge is 0.465 e. The number of rotatable bonds is 14. The van der Waals surface area contributed by atoms with Gasteiger partial charge in [0.25, 0.3) is 5.56 Å². The highest BCUT2D eigenvalue weighted by Gasteiger charge is 2.22. The fourth-order valence-electron chi connectivity index (χ4n) is 3.90. The number of benzene rings is 1. The lowest BCUT2D eigenvalue weighted by Crippen LogP contribution is -2.36. The molecule has 1 atom stereocenters. The zero-order chi connectivity index (χ0) is 25.2. The lowest BCUT2D eigenvalue weighted by atomic mass is 10.1. The molecule has 0 aliphatic rings. The van der Waals surface area contributed by atoms with E-state index in [9.17, 15) is 14.7 Å². The fraction of sp³-hybridized carbons (Fsp3) is 0.480. The molecule has 2 N–H and O–H groups in total. The molecule has 3 rings (SSSR count). The lowest BCUT2D eigenvalue weighted by Gasteiger charge is -2.24. The van der Waals surface area contributed by atoms with E-state index in [1.807, 2.05) is 42.2 Å². The van der Waals surface area contributed by atoms with Crippen LogP contribution in [-0.4, -0.2) is 72.6 Å². The Kier molecular flexibility index (Phi) is 10.4. The summed E-state index contributed by atoms with van der Waals surface area (Å²) in [4.78, 5) is 35.5. The van der Waals surface area contributed by atoms with Crippen molar-refractivity contribution in [2.45, 2.75) is 39.0 Å². The van der Waals surface area contributed by atoms with E-state index in [1.165, 1.54) is 18.4 Å². The van der Waals surface area contributed by atoms with Crippen LogP contribution in [0, 0.1) is 0 Å². The van der Waals surface area contributed by atoms with Crippen molar-refractivity contribution in [1.82, 2.24) is 14.9 Å². The first kappa shape index (κ1) is 27.0. The highest BCUT2D eigenvalue weighted by atomic mass is 32.1. The van der Waals surface area contributed by atoms with Crippen LogP contribution in [0.2, 0.25) is 0 Å². The number of carbonyl (C=O) groups excluding carboxylic acids is 1. The summed E-state index contributed by atoms with van der Waals surface area (Å²) in [5.74, 6) is 0.00302. The molecule has 9 nitrogen and oxygen atoms in total. The molecule has 0 amide bonds. The average Bonchev–Trinajstić information content (AvgIpc) is 3.23. The Bertz CT molecular complexity index is 1150. The maximum atomic E-state index is 12.9. The van der Waals surface area contributed by atoms with Crippen LogP contribution >= 0.6 is 11.3 Å². The second-order valence-corrected chi connectivity index (χ2v) is 9.18. The van der Waals surface area contributed by atoms with E-state index in [-0.39, 0.29) is 12.2 Å². The van der Waals surface area contributed by atoms with Crippen molar-refractivity contribution >= 4 is 27.5 Å². The van der Waals surface area contributed by atoms with Crippen molar-refractivity contribution in [2.75, 3.05) is 40.5 Å². The van der Waals surface area contributed by atoms with Crippen LogP contribution in [0.4, 0.5) is 0 Å². The molecule has 0 fully saturated rings. The van der Waals surface area contributed by atoms with E-state index >= 15 is 0 Å². The molecule has 0 saturated carbocycles. The van der Waals surface area contributed by atoms with Gasteiger partial charge in [0.2, 0.25) is 0 Å². The van der Waals surface area contributed by atoms with E-state index < -0.39 is 12.1 Å². The summed E-state index contributed by atoms with van der Waals surface area (Å²) in [6, 6.07) is 9.79. The van der Waals surface area contributed by atoms with Crippen LogP contribution in [0.15, 0.2) is 35.1 Å². The number of thiophene rings is 1. The highest BCUT2D eigenvalue weighted by Crippen LogP contribution is 2.29. The van der Waals surface area contributed by atoms with Gasteiger partial charge < -0.3 is 24.3 Å². The molecule has 2 aromatic heterocycles. The van der Waals surface area contributed by atoms with Crippen molar-refractivity contribution in [1.29, 1.82) is 0 Å². The SMILES string of the molecule is CCc1c(C(=O)OC)sc2nc(CN(CCCOC)CC(O)COCc3ccccc3)[nH]c(=O)c12. The third-order valence-corrected chi connectivity index (χ3v) is 6.63. The predicted octanol–water partition coefficient (Wildman–Crippen LogP) is 2.75. The van der Waals surface area contributed by atoms with Gasteiger partial charge in [-0.25, -0.2) is 9.78 Å². The smallest absolute Gasteiger partial charge is 0.348 e. The normalized spacial score (nSPS) is 12.4. The van der Waals surface area contributed by atoms with E-state index in [2.05, 4.69) is 9.97 Å². The Morgan fingerprint density at radius 1 is 1.26 bits per heavy atom. The molecule has 0 aliphatic heterocycles. The van der Waals surface area contributed by atoms with Crippen LogP contribution in [0.25, 0.3) is 10.2 Å². The van der Waals surface area contributed by atoms with Gasteiger partial charge in [0, 0.05) is 26.8 Å². The monoisotopic (exact) mass is 503 g/mol. The van der Waals surface area contributed by atoms with Gasteiger partial charge in [0.15, 0.2) is 0 Å². The van der Waals surface area contributed by atoms with E-state index in [0.29, 0.717) is 65.8 Å². The number of aryl methyl sites for hydroxylation is 1. The van der Waals surface area contributed by atoms with Crippen LogP contribution < -0.4 is 5.56 Å². The molecule has 1 unspecified atom stereocenters. The number of aromatic nitrogens is 2. The third kappa shape index (κ3) is 7.42. The van der Waals surface area contributed by atoms with Crippen molar-refractivity contribution in [3.05, 3.63) is 62.5 Å². The second kappa shape index (κ2) is 13.5. The Morgan fingerprint density at radius 3 is 2.71 bits per heavy atom. The quantitative estimate of drug-likeness (QED) is 0.255. The maximum Gasteiger partial charge on any atom is 0.348 e. The van der Waals surface area contributed by atoms with E-state index in [4.69, 9.17) is 14.2 Å². The summed E-state index contributed by atoms with van der Waals surface area (Å²) in [5, 5.41) is 11.0. The van der Waals surface area contributed by atoms with Gasteiger partial charge >= 0.3 is 5.97 Å². The Morgan fingerprint density at radius 2 is 2.03 bits per heavy atom. The number of carbonyl (C=O) groups is 1. The maximum absolute atomic E-state index is 12.9. The molecule has 3 aromatic rings. The first-order chi connectivity index (χ1) is 17.0. The number of nitrogens with zero attached hydrogens (tertiary/aromatic N) is 2. The number of methoxy groups -OCH3 is 2. The van der Waals surface area contributed by atoms with Crippen molar-refractivity contribution < 1.29 is 24.1 Å². The number of fused-ring (bicyclic) bond motifs is 1. The van der Waals surface area contributed by atoms with Gasteiger partial charge in [-0.2, -0.15) is 0 Å². The lowest BCUT2D eigenvalue weighted by molar-refractivity contribution is 0.00700. The molecular formula is C25H33N3O6S. The van der Waals surface area contributed by atoms with Gasteiger partial charge in [0.05, 0.1) is 38.4 Å². The number of ether oxygens (including phenoxy) is 3. The van der Waals surface area contributed by atoms with Crippen molar-refractivity contribution in [2.24, 2.45) is 0 Å². The first-order valence-electron chi connectivity index (χ1n) is 11.6. The Hall–Kier alpha value is -2.63. The van der Waals surface area contributed by atoms with E-state index in [1.54, 1.807) is 7.11 Å². The molecule has 0 radical (unpaired) electrons. The summed E-state index contributed by atoms with van der Waals surface area (Å²) in [6.45, 7) is 4.40. The molecule has 35 heavy (non-hydrogen) atoms. The highest BCUT2D eigenvalue weighted by molar-refractivity contribution is 7.20. The van der Waals surface area contributed by atoms with Crippen molar-refractivity contribution in [3.8, 4) is 0 Å². The molecule has 10 heteroatoms. The minimum absolute atomic E-state index is 0.186. The van der Waals surface area contributed by atoms with Gasteiger partial charge in [-0.15, -0.1) is 11.3 Å². The summed E-state index contributed by atoms with van der Waals surface area (Å²) in [6.07, 6.45) is 0.565. The van der Waals surface area contributed by atoms with Crippen LogP contribution in [0.3, 0.4) is 0 Å². The summed E-state index contributed by atoms with van der Waals surface area (Å²) < 4.78 is 15.7. The van der Waals surface area contributed by atoms with Gasteiger partial charge in [0.1, 0.15) is 15.5 Å². The Balaban J connectivity index is 1.72. The van der Waals surface area contributed by atoms with Gasteiger partial charge in [-0.3, -0.25) is 9.69 Å². The van der Waals surface area contributed by atoms with Crippen LogP contribution in [-0.2, 0) is 33.8 Å². The molecule has 1 aromatic carbocycles. The molecule has 0 spiro atoms. The third-order valence-electron chi connectivity index (χ3n) is 5.52. The number of esters is 1. The summed E-state index contributed by atoms with van der Waals surface area (Å²) >= 11 is 1.17. The first-order valence-corrected chi connectivity index (χ1v) is 12.4. The van der Waals surface area contributed by atoms with Gasteiger partial charge in [-0.05, 0) is 24.0 Å². The number of aliphatic hydroxyl groups excluding tert-OH is 1. The number of hydrogen-bond acceptors (Lipinski definition) is 9. The minimum Gasteiger partial charge on any atom is -0.465 e. The fourth-order valence-corrected chi connectivity index (χ4v) is 5.10. The molecule has 0 bridgehead atoms. The molecule has 2 heterocycles. The number of nitrogens with one attached hydrogen (secondary N) is 1.